The third kappa shape index (κ3) is 4.43. The number of nitrogens with one attached hydrogen (secondary N) is 1. The van der Waals surface area contributed by atoms with Crippen LogP contribution in [0.2, 0.25) is 5.02 Å². The highest BCUT2D eigenvalue weighted by atomic mass is 79.9. The summed E-state index contributed by atoms with van der Waals surface area (Å²) in [7, 11) is 0. The molecule has 2 nitrogen and oxygen atoms in total. The average molecular weight is 355 g/mol. The van der Waals surface area contributed by atoms with Gasteiger partial charge < -0.3 is 10.1 Å². The van der Waals surface area contributed by atoms with Crippen molar-refractivity contribution in [3.63, 3.8) is 0 Å². The van der Waals surface area contributed by atoms with E-state index in [1.54, 1.807) is 0 Å². The molecule has 0 radical (unpaired) electrons. The number of hydrogen-bond acceptors (Lipinski definition) is 2. The van der Waals surface area contributed by atoms with Crippen molar-refractivity contribution in [2.45, 2.75) is 26.5 Å². The van der Waals surface area contributed by atoms with Crippen LogP contribution in [-0.4, -0.2) is 6.10 Å². The van der Waals surface area contributed by atoms with Crippen LogP contribution in [0.1, 0.15) is 19.4 Å². The van der Waals surface area contributed by atoms with Gasteiger partial charge in [-0.05, 0) is 56.3 Å². The minimum absolute atomic E-state index is 0.158. The van der Waals surface area contributed by atoms with Gasteiger partial charge in [0, 0.05) is 27.3 Å². The van der Waals surface area contributed by atoms with E-state index >= 15 is 0 Å². The fourth-order valence-electron chi connectivity index (χ4n) is 1.82. The molecule has 0 heterocycles. The van der Waals surface area contributed by atoms with Crippen LogP contribution in [0.15, 0.2) is 46.9 Å². The molecular weight excluding hydrogens is 338 g/mol. The molecule has 0 unspecified atom stereocenters. The van der Waals surface area contributed by atoms with Crippen molar-refractivity contribution in [3.8, 4) is 5.75 Å². The fraction of sp³-hybridized carbons (Fsp3) is 0.250. The summed E-state index contributed by atoms with van der Waals surface area (Å²) in [4.78, 5) is 0. The van der Waals surface area contributed by atoms with Crippen LogP contribution in [-0.2, 0) is 6.54 Å². The number of benzene rings is 2. The van der Waals surface area contributed by atoms with Crippen LogP contribution in [0.5, 0.6) is 5.75 Å². The summed E-state index contributed by atoms with van der Waals surface area (Å²) in [6.45, 7) is 4.75. The fourth-order valence-corrected chi connectivity index (χ4v) is 2.35. The van der Waals surface area contributed by atoms with Crippen LogP contribution < -0.4 is 10.1 Å². The first kappa shape index (κ1) is 15.2. The molecule has 2 aromatic carbocycles. The van der Waals surface area contributed by atoms with Crippen LogP contribution in [0.3, 0.4) is 0 Å². The number of anilines is 1. The first-order chi connectivity index (χ1) is 9.54. The van der Waals surface area contributed by atoms with Crippen molar-refractivity contribution < 1.29 is 4.74 Å². The molecule has 1 N–H and O–H groups in total. The number of hydrogen-bond donors (Lipinski definition) is 1. The second-order valence-electron chi connectivity index (χ2n) is 4.78. The third-order valence-corrected chi connectivity index (χ3v) is 3.46. The largest absolute Gasteiger partial charge is 0.491 e. The van der Waals surface area contributed by atoms with Gasteiger partial charge in [0.05, 0.1) is 6.10 Å². The Hall–Kier alpha value is -1.19. The van der Waals surface area contributed by atoms with E-state index in [9.17, 15) is 0 Å². The smallest absolute Gasteiger partial charge is 0.124 e. The lowest BCUT2D eigenvalue weighted by molar-refractivity contribution is 0.240. The minimum atomic E-state index is 0.158. The zero-order chi connectivity index (χ0) is 14.5. The lowest BCUT2D eigenvalue weighted by Crippen LogP contribution is -2.09. The highest BCUT2D eigenvalue weighted by Crippen LogP contribution is 2.25. The quantitative estimate of drug-likeness (QED) is 0.765. The van der Waals surface area contributed by atoms with Crippen molar-refractivity contribution in [3.05, 3.63) is 57.5 Å². The van der Waals surface area contributed by atoms with E-state index in [2.05, 4.69) is 27.3 Å². The van der Waals surface area contributed by atoms with Gasteiger partial charge in [-0.25, -0.2) is 0 Å². The van der Waals surface area contributed by atoms with Crippen LogP contribution in [0.25, 0.3) is 0 Å². The van der Waals surface area contributed by atoms with Gasteiger partial charge in [-0.2, -0.15) is 0 Å². The summed E-state index contributed by atoms with van der Waals surface area (Å²) in [6, 6.07) is 13.7. The molecule has 0 atom stereocenters. The maximum Gasteiger partial charge on any atom is 0.124 e. The molecule has 4 heteroatoms. The van der Waals surface area contributed by atoms with E-state index in [1.807, 2.05) is 50.2 Å². The first-order valence-electron chi connectivity index (χ1n) is 6.49. The Morgan fingerprint density at radius 3 is 2.50 bits per heavy atom. The zero-order valence-electron chi connectivity index (χ0n) is 11.5. The van der Waals surface area contributed by atoms with Gasteiger partial charge in [0.1, 0.15) is 5.75 Å². The Morgan fingerprint density at radius 2 is 1.85 bits per heavy atom. The lowest BCUT2D eigenvalue weighted by Gasteiger charge is -2.15. The van der Waals surface area contributed by atoms with Crippen LogP contribution in [0.4, 0.5) is 5.69 Å². The summed E-state index contributed by atoms with van der Waals surface area (Å²) >= 11 is 9.38. The molecule has 0 bridgehead atoms. The molecule has 0 saturated heterocycles. The molecule has 0 aliphatic heterocycles. The van der Waals surface area contributed by atoms with Crippen LogP contribution in [0, 0.1) is 0 Å². The van der Waals surface area contributed by atoms with E-state index in [0.717, 1.165) is 26.5 Å². The first-order valence-corrected chi connectivity index (χ1v) is 7.66. The van der Waals surface area contributed by atoms with Crippen LogP contribution >= 0.6 is 27.5 Å². The van der Waals surface area contributed by atoms with Crippen molar-refractivity contribution >= 4 is 33.2 Å². The van der Waals surface area contributed by atoms with E-state index in [-0.39, 0.29) is 6.10 Å². The van der Waals surface area contributed by atoms with E-state index < -0.39 is 0 Å². The predicted octanol–water partition coefficient (Wildman–Crippen LogP) is 5.50. The van der Waals surface area contributed by atoms with Gasteiger partial charge in [-0.15, -0.1) is 0 Å². The van der Waals surface area contributed by atoms with E-state index in [0.29, 0.717) is 6.54 Å². The summed E-state index contributed by atoms with van der Waals surface area (Å²) < 4.78 is 6.87. The minimum Gasteiger partial charge on any atom is -0.491 e. The van der Waals surface area contributed by atoms with E-state index in [4.69, 9.17) is 16.3 Å². The normalized spacial score (nSPS) is 10.7. The van der Waals surface area contributed by atoms with Crippen molar-refractivity contribution in [2.75, 3.05) is 5.32 Å². The Bertz CT molecular complexity index is 569. The second-order valence-corrected chi connectivity index (χ2v) is 6.13. The second kappa shape index (κ2) is 7.00. The van der Waals surface area contributed by atoms with Crippen molar-refractivity contribution in [2.24, 2.45) is 0 Å². The van der Waals surface area contributed by atoms with E-state index in [1.165, 1.54) is 0 Å². The van der Waals surface area contributed by atoms with Gasteiger partial charge in [-0.3, -0.25) is 0 Å². The Labute approximate surface area is 133 Å². The predicted molar refractivity (Wildman–Crippen MR) is 88.7 cm³/mol. The topological polar surface area (TPSA) is 21.3 Å². The number of halogens is 2. The zero-order valence-corrected chi connectivity index (χ0v) is 13.8. The lowest BCUT2D eigenvalue weighted by atomic mass is 10.2. The van der Waals surface area contributed by atoms with Crippen molar-refractivity contribution in [1.82, 2.24) is 0 Å². The highest BCUT2D eigenvalue weighted by Gasteiger charge is 2.06. The van der Waals surface area contributed by atoms with Gasteiger partial charge in [-0.1, -0.05) is 27.5 Å². The standard InChI is InChI=1S/C16H17BrClNO/c1-11(2)20-16-8-3-13(17)9-12(16)10-19-15-6-4-14(18)5-7-15/h3-9,11,19H,10H2,1-2H3. The van der Waals surface area contributed by atoms with Crippen molar-refractivity contribution in [1.29, 1.82) is 0 Å². The Balaban J connectivity index is 2.11. The molecule has 0 fully saturated rings. The maximum absolute atomic E-state index is 5.88. The number of ether oxygens (including phenoxy) is 1. The highest BCUT2D eigenvalue weighted by molar-refractivity contribution is 9.10. The molecular formula is C16H17BrClNO. The van der Waals surface area contributed by atoms with Gasteiger partial charge in [0.25, 0.3) is 0 Å². The average Bonchev–Trinajstić information content (AvgIpc) is 2.40. The molecule has 0 aliphatic carbocycles. The summed E-state index contributed by atoms with van der Waals surface area (Å²) in [5.41, 5.74) is 2.15. The molecule has 2 aromatic rings. The SMILES string of the molecule is CC(C)Oc1ccc(Br)cc1CNc1ccc(Cl)cc1. The monoisotopic (exact) mass is 353 g/mol. The molecule has 0 aliphatic rings. The molecule has 0 amide bonds. The Kier molecular flexibility index (Phi) is 5.32. The Morgan fingerprint density at radius 1 is 1.15 bits per heavy atom. The maximum atomic E-state index is 5.88. The van der Waals surface area contributed by atoms with Gasteiger partial charge >= 0.3 is 0 Å². The molecule has 0 aromatic heterocycles. The molecule has 0 spiro atoms. The molecule has 20 heavy (non-hydrogen) atoms. The molecule has 2 rings (SSSR count). The summed E-state index contributed by atoms with van der Waals surface area (Å²) in [5.74, 6) is 0.907. The number of rotatable bonds is 5. The third-order valence-electron chi connectivity index (χ3n) is 2.71. The molecule has 106 valence electrons. The van der Waals surface area contributed by atoms with Gasteiger partial charge in [0.2, 0.25) is 0 Å². The van der Waals surface area contributed by atoms with Gasteiger partial charge in [0.15, 0.2) is 0 Å². The molecule has 0 saturated carbocycles. The summed E-state index contributed by atoms with van der Waals surface area (Å²) in [6.07, 6.45) is 0.158. The summed E-state index contributed by atoms with van der Waals surface area (Å²) in [5, 5.41) is 4.11.